The van der Waals surface area contributed by atoms with Crippen molar-refractivity contribution in [3.8, 4) is 6.07 Å². The Kier molecular flexibility index (Phi) is 9.16. The lowest BCUT2D eigenvalue weighted by molar-refractivity contribution is -0.122. The average molecular weight is 487 g/mol. The fourth-order valence-electron chi connectivity index (χ4n) is 4.46. The maximum absolute atomic E-state index is 13.3. The molecule has 0 bridgehead atoms. The molecule has 8 heteroatoms. The van der Waals surface area contributed by atoms with Gasteiger partial charge in [0.15, 0.2) is 0 Å². The Morgan fingerprint density at radius 1 is 1.06 bits per heavy atom. The van der Waals surface area contributed by atoms with Crippen LogP contribution in [0.1, 0.15) is 81.9 Å². The molecule has 1 amide bonds. The molecule has 2 saturated heterocycles. The van der Waals surface area contributed by atoms with Gasteiger partial charge in [0.25, 0.3) is 11.5 Å². The lowest BCUT2D eigenvalue weighted by Gasteiger charge is -2.33. The SMILES string of the molecule is CCCCCN1C(=O)/C(=C/c2c(C)c(C#N)c(=O)n(CCCC)c2N2CCCCC2)SC1=S. The summed E-state index contributed by atoms with van der Waals surface area (Å²) in [4.78, 5) is 31.0. The van der Waals surface area contributed by atoms with E-state index in [1.165, 1.54) is 18.2 Å². The number of nitrogens with zero attached hydrogens (tertiary/aromatic N) is 4. The maximum atomic E-state index is 13.3. The van der Waals surface area contributed by atoms with Gasteiger partial charge in [-0.05, 0) is 50.7 Å². The van der Waals surface area contributed by atoms with Crippen LogP contribution in [0.5, 0.6) is 0 Å². The molecule has 6 nitrogen and oxygen atoms in total. The van der Waals surface area contributed by atoms with Crippen molar-refractivity contribution in [3.63, 3.8) is 0 Å². The normalized spacial score (nSPS) is 17.8. The van der Waals surface area contributed by atoms with Gasteiger partial charge in [0.05, 0.1) is 4.91 Å². The summed E-state index contributed by atoms with van der Waals surface area (Å²) in [5, 5.41) is 9.79. The molecule has 178 valence electrons. The zero-order valence-electron chi connectivity index (χ0n) is 20.0. The Labute approximate surface area is 206 Å². The van der Waals surface area contributed by atoms with Gasteiger partial charge < -0.3 is 4.90 Å². The first-order valence-corrected chi connectivity index (χ1v) is 13.3. The van der Waals surface area contributed by atoms with Crippen molar-refractivity contribution in [1.29, 1.82) is 5.26 Å². The molecule has 2 aliphatic heterocycles. The Balaban J connectivity index is 2.13. The summed E-state index contributed by atoms with van der Waals surface area (Å²) in [5.74, 6) is 0.774. The Morgan fingerprint density at radius 2 is 1.76 bits per heavy atom. The van der Waals surface area contributed by atoms with E-state index in [-0.39, 0.29) is 17.0 Å². The summed E-state index contributed by atoms with van der Waals surface area (Å²) in [5.41, 5.74) is 1.38. The predicted octanol–water partition coefficient (Wildman–Crippen LogP) is 5.21. The zero-order valence-corrected chi connectivity index (χ0v) is 21.6. The molecule has 0 aromatic carbocycles. The second-order valence-electron chi connectivity index (χ2n) is 8.75. The minimum atomic E-state index is -0.228. The molecular weight excluding hydrogens is 452 g/mol. The topological polar surface area (TPSA) is 69.3 Å². The van der Waals surface area contributed by atoms with Crippen LogP contribution in [0.2, 0.25) is 0 Å². The minimum absolute atomic E-state index is 0.0742. The minimum Gasteiger partial charge on any atom is -0.357 e. The van der Waals surface area contributed by atoms with E-state index in [9.17, 15) is 14.9 Å². The van der Waals surface area contributed by atoms with E-state index in [4.69, 9.17) is 12.2 Å². The van der Waals surface area contributed by atoms with Gasteiger partial charge in [0.1, 0.15) is 21.8 Å². The molecule has 0 N–H and O–H groups in total. The highest BCUT2D eigenvalue weighted by Gasteiger charge is 2.33. The average Bonchev–Trinajstić information content (AvgIpc) is 3.08. The number of pyridine rings is 1. The number of nitriles is 1. The summed E-state index contributed by atoms with van der Waals surface area (Å²) in [6.45, 7) is 8.99. The molecule has 3 rings (SSSR count). The number of carbonyl (C=O) groups excluding carboxylic acids is 1. The van der Waals surface area contributed by atoms with Gasteiger partial charge in [-0.1, -0.05) is 57.1 Å². The molecule has 0 radical (unpaired) electrons. The molecule has 0 atom stereocenters. The number of thioether (sulfide) groups is 1. The molecule has 2 fully saturated rings. The van der Waals surface area contributed by atoms with E-state index in [2.05, 4.69) is 24.8 Å². The van der Waals surface area contributed by atoms with Gasteiger partial charge in [-0.3, -0.25) is 19.1 Å². The predicted molar refractivity (Wildman–Crippen MR) is 141 cm³/mol. The maximum Gasteiger partial charge on any atom is 0.270 e. The second-order valence-corrected chi connectivity index (χ2v) is 10.4. The van der Waals surface area contributed by atoms with Crippen LogP contribution in [0.25, 0.3) is 6.08 Å². The third-order valence-electron chi connectivity index (χ3n) is 6.37. The number of hydrogen-bond donors (Lipinski definition) is 0. The van der Waals surface area contributed by atoms with Crippen LogP contribution in [-0.2, 0) is 11.3 Å². The second kappa shape index (κ2) is 11.8. The van der Waals surface area contributed by atoms with Gasteiger partial charge in [-0.25, -0.2) is 0 Å². The van der Waals surface area contributed by atoms with Gasteiger partial charge in [0.2, 0.25) is 0 Å². The third kappa shape index (κ3) is 5.52. The van der Waals surface area contributed by atoms with Gasteiger partial charge in [-0.2, -0.15) is 5.26 Å². The summed E-state index contributed by atoms with van der Waals surface area (Å²) in [6, 6.07) is 2.13. The number of carbonyl (C=O) groups is 1. The molecule has 33 heavy (non-hydrogen) atoms. The largest absolute Gasteiger partial charge is 0.357 e. The summed E-state index contributed by atoms with van der Waals surface area (Å²) >= 11 is 6.83. The van der Waals surface area contributed by atoms with Crippen molar-refractivity contribution in [1.82, 2.24) is 9.47 Å². The van der Waals surface area contributed by atoms with Crippen molar-refractivity contribution in [2.24, 2.45) is 0 Å². The first-order chi connectivity index (χ1) is 15.9. The van der Waals surface area contributed by atoms with Crippen molar-refractivity contribution in [2.45, 2.75) is 78.7 Å². The fraction of sp³-hybridized carbons (Fsp3) is 0.600. The van der Waals surface area contributed by atoms with Crippen molar-refractivity contribution >= 4 is 46.1 Å². The van der Waals surface area contributed by atoms with Crippen molar-refractivity contribution in [2.75, 3.05) is 24.5 Å². The Morgan fingerprint density at radius 3 is 2.39 bits per heavy atom. The quantitative estimate of drug-likeness (QED) is 0.271. The molecule has 3 heterocycles. The highest BCUT2D eigenvalue weighted by Crippen LogP contribution is 2.36. The Hall–Kier alpha value is -2.11. The monoisotopic (exact) mass is 486 g/mol. The van der Waals surface area contributed by atoms with E-state index >= 15 is 0 Å². The molecule has 0 saturated carbocycles. The summed E-state index contributed by atoms with van der Waals surface area (Å²) < 4.78 is 2.35. The highest BCUT2D eigenvalue weighted by molar-refractivity contribution is 8.26. The zero-order chi connectivity index (χ0) is 24.0. The van der Waals surface area contributed by atoms with E-state index in [0.717, 1.165) is 69.4 Å². The molecular formula is C25H34N4O2S2. The fourth-order valence-corrected chi connectivity index (χ4v) is 5.75. The van der Waals surface area contributed by atoms with E-state index in [1.54, 1.807) is 9.47 Å². The van der Waals surface area contributed by atoms with Gasteiger partial charge in [0, 0.05) is 31.7 Å². The van der Waals surface area contributed by atoms with Crippen LogP contribution < -0.4 is 10.5 Å². The highest BCUT2D eigenvalue weighted by atomic mass is 32.2. The number of unbranched alkanes of at least 4 members (excludes halogenated alkanes) is 3. The summed E-state index contributed by atoms with van der Waals surface area (Å²) in [6.07, 6.45) is 10.1. The first-order valence-electron chi connectivity index (χ1n) is 12.1. The summed E-state index contributed by atoms with van der Waals surface area (Å²) in [7, 11) is 0. The van der Waals surface area contributed by atoms with Gasteiger partial charge >= 0.3 is 0 Å². The molecule has 0 aliphatic carbocycles. The number of hydrogen-bond acceptors (Lipinski definition) is 6. The van der Waals surface area contributed by atoms with Crippen molar-refractivity contribution < 1.29 is 4.79 Å². The number of anilines is 1. The number of amides is 1. The Bertz CT molecular complexity index is 1030. The van der Waals surface area contributed by atoms with Gasteiger partial charge in [-0.15, -0.1) is 0 Å². The van der Waals surface area contributed by atoms with Crippen LogP contribution in [0, 0.1) is 18.3 Å². The van der Waals surface area contributed by atoms with Crippen LogP contribution >= 0.6 is 24.0 Å². The van der Waals surface area contributed by atoms with Crippen LogP contribution in [0.15, 0.2) is 9.70 Å². The van der Waals surface area contributed by atoms with Crippen LogP contribution in [0.3, 0.4) is 0 Å². The van der Waals surface area contributed by atoms with Crippen LogP contribution in [0.4, 0.5) is 5.82 Å². The molecule has 1 aromatic heterocycles. The standard InChI is InChI=1S/C25H34N4O2S2/c1-4-6-9-15-29-24(31)21(33-25(29)32)16-19-18(3)20(17-26)23(30)28(14-7-5-2)22(19)27-12-10-8-11-13-27/h16H,4-15H2,1-3H3/b21-16-. The van der Waals surface area contributed by atoms with E-state index < -0.39 is 0 Å². The number of rotatable bonds is 9. The third-order valence-corrected chi connectivity index (χ3v) is 7.75. The molecule has 1 aromatic rings. The molecule has 0 unspecified atom stereocenters. The van der Waals surface area contributed by atoms with E-state index in [1.807, 2.05) is 13.0 Å². The lowest BCUT2D eigenvalue weighted by atomic mass is 10.0. The van der Waals surface area contributed by atoms with Crippen LogP contribution in [-0.4, -0.2) is 39.3 Å². The van der Waals surface area contributed by atoms with E-state index in [0.29, 0.717) is 27.9 Å². The smallest absolute Gasteiger partial charge is 0.270 e. The number of thiocarbonyl (C=S) groups is 1. The number of piperidine rings is 1. The lowest BCUT2D eigenvalue weighted by Crippen LogP contribution is -2.37. The first kappa shape index (κ1) is 25.5. The molecule has 0 spiro atoms. The number of aromatic nitrogens is 1. The van der Waals surface area contributed by atoms with Crippen molar-refractivity contribution in [3.05, 3.63) is 31.9 Å². The molecule has 2 aliphatic rings.